The number of aliphatic hydroxyl groups excluding tert-OH is 1. The molecule has 12 rings (SSSR count). The number of ether oxygens (including phenoxy) is 3. The van der Waals surface area contributed by atoms with Crippen LogP contribution >= 0.6 is 36.0 Å². The molecule has 3 heterocycles. The largest absolute Gasteiger partial charge is 0.457 e. The number of furan rings is 2. The predicted octanol–water partition coefficient (Wildman–Crippen LogP) is 11.4. The highest BCUT2D eigenvalue weighted by atomic mass is 35.5. The Kier molecular flexibility index (Phi) is 13.4. The standard InChI is InChI=1S/C37H41ClO7S.C26H28O6S/c1-20-14-21(2)31(22(3)15-20)28(40)19-46-33(43)37(45-32(42)29-8-7-13-44-29)23(4)16-27-26-10-9-24-17-25(39)11-12-34(24,5)36(26,38)30(41)18-35(27,37)6;1-14-11-18-17-7-6-15-12-16(27)8-9-23(15,2)26(17)20(31-26)13-24(18,3)25(14,22(29)33)32-21(28)19-5-4-10-30-19/h7-8,11-15,17,23,26-27,30,41H,9-10,16,18-19H2,1-6H3;4-5,8-10,12,14,17-18,20H,6-7,11,13H2,1-3H3,(H,29,33)/t23-,26?,27?,30+,34+,35+,36+,37+;14-,17?,18?,20+,23+,24+,25+,26-/m11/s1. The van der Waals surface area contributed by atoms with Crippen LogP contribution in [0.15, 0.2) is 105 Å². The number of epoxide rings is 1. The minimum Gasteiger partial charge on any atom is -0.457 e. The molecule has 7 fully saturated rings. The molecule has 1 aromatic carbocycles. The minimum absolute atomic E-state index is 0.0292. The van der Waals surface area contributed by atoms with Crippen LogP contribution in [0.3, 0.4) is 0 Å². The molecule has 13 nitrogen and oxygen atoms in total. The van der Waals surface area contributed by atoms with Gasteiger partial charge in [-0.15, -0.1) is 24.2 Å². The van der Waals surface area contributed by atoms with Crippen LogP contribution in [0, 0.1) is 77.9 Å². The number of benzene rings is 1. The maximum Gasteiger partial charge on any atom is 0.375 e. The molecule has 2 aromatic heterocycles. The van der Waals surface area contributed by atoms with E-state index in [-0.39, 0.29) is 87.8 Å². The summed E-state index contributed by atoms with van der Waals surface area (Å²) in [5.74, 6) is -2.47. The maximum atomic E-state index is 14.7. The number of halogens is 1. The second-order valence-electron chi connectivity index (χ2n) is 25.2. The molecule has 1 spiro atoms. The van der Waals surface area contributed by atoms with Crippen LogP contribution in [0.25, 0.3) is 0 Å². The van der Waals surface area contributed by atoms with Crippen molar-refractivity contribution in [2.45, 2.75) is 148 Å². The van der Waals surface area contributed by atoms with E-state index < -0.39 is 66.5 Å². The number of alkyl halides is 1. The lowest BCUT2D eigenvalue weighted by Gasteiger charge is -2.64. The zero-order valence-corrected chi connectivity index (χ0v) is 48.6. The first-order chi connectivity index (χ1) is 37.2. The van der Waals surface area contributed by atoms with Crippen molar-refractivity contribution in [3.05, 3.63) is 130 Å². The fourth-order valence-electron chi connectivity index (χ4n) is 18.0. The first kappa shape index (κ1) is 55.8. The third-order valence-corrected chi connectivity index (χ3v) is 23.7. The normalized spacial score (nSPS) is 40.8. The minimum atomic E-state index is -1.67. The number of allylic oxidation sites excluding steroid dienone is 6. The molecule has 9 aliphatic rings. The molecular weight excluding hydrogens is 1060 g/mol. The number of thioether (sulfide) groups is 1. The number of carbonyl (C=O) groups is 7. The molecule has 16 atom stereocenters. The molecule has 79 heavy (non-hydrogen) atoms. The molecule has 0 bridgehead atoms. The summed E-state index contributed by atoms with van der Waals surface area (Å²) in [5.41, 5.74) is -0.736. The lowest BCUT2D eigenvalue weighted by Crippen LogP contribution is -2.69. The van der Waals surface area contributed by atoms with Crippen LogP contribution < -0.4 is 0 Å². The Morgan fingerprint density at radius 3 is 1.80 bits per heavy atom. The van der Waals surface area contributed by atoms with Crippen molar-refractivity contribution in [2.75, 3.05) is 5.75 Å². The van der Waals surface area contributed by atoms with E-state index in [9.17, 15) is 38.7 Å². The van der Waals surface area contributed by atoms with Crippen molar-refractivity contribution in [1.82, 2.24) is 0 Å². The highest BCUT2D eigenvalue weighted by molar-refractivity contribution is 8.14. The molecule has 0 amide bonds. The molecule has 1 saturated heterocycles. The Hall–Kier alpha value is -5.06. The fourth-order valence-corrected chi connectivity index (χ4v) is 20.2. The van der Waals surface area contributed by atoms with Gasteiger partial charge in [-0.2, -0.15) is 0 Å². The van der Waals surface area contributed by atoms with Crippen LogP contribution in [0.2, 0.25) is 0 Å². The lowest BCUT2D eigenvalue weighted by atomic mass is 9.46. The van der Waals surface area contributed by atoms with E-state index in [4.69, 9.17) is 34.6 Å². The van der Waals surface area contributed by atoms with E-state index in [0.29, 0.717) is 31.2 Å². The molecule has 8 aliphatic carbocycles. The van der Waals surface area contributed by atoms with Gasteiger partial charge in [0.05, 0.1) is 35.4 Å². The van der Waals surface area contributed by atoms with Gasteiger partial charge in [-0.1, -0.05) is 87.4 Å². The van der Waals surface area contributed by atoms with E-state index in [2.05, 4.69) is 26.5 Å². The van der Waals surface area contributed by atoms with Crippen molar-refractivity contribution < 1.29 is 61.7 Å². The van der Waals surface area contributed by atoms with Gasteiger partial charge in [-0.3, -0.25) is 24.0 Å². The number of rotatable bonds is 9. The van der Waals surface area contributed by atoms with Gasteiger partial charge in [-0.05, 0) is 162 Å². The maximum absolute atomic E-state index is 14.7. The second-order valence-corrected chi connectivity index (χ2v) is 27.2. The van der Waals surface area contributed by atoms with Crippen LogP contribution in [-0.2, 0) is 33.4 Å². The van der Waals surface area contributed by atoms with E-state index in [1.807, 2.05) is 72.8 Å². The summed E-state index contributed by atoms with van der Waals surface area (Å²) in [6.07, 6.45) is 17.0. The number of esters is 2. The number of thiol groups is 1. The Morgan fingerprint density at radius 1 is 0.734 bits per heavy atom. The number of aryl methyl sites for hydroxylation is 3. The Morgan fingerprint density at radius 2 is 1.24 bits per heavy atom. The van der Waals surface area contributed by atoms with Crippen molar-refractivity contribution in [1.29, 1.82) is 0 Å². The zero-order chi connectivity index (χ0) is 56.8. The summed E-state index contributed by atoms with van der Waals surface area (Å²) in [7, 11) is 0. The average molecular weight is 1130 g/mol. The number of fused-ring (bicyclic) bond motifs is 8. The summed E-state index contributed by atoms with van der Waals surface area (Å²) >= 11 is 12.8. The summed E-state index contributed by atoms with van der Waals surface area (Å²) in [6, 6.07) is 10.1. The lowest BCUT2D eigenvalue weighted by molar-refractivity contribution is -0.172. The number of carbonyl (C=O) groups excluding carboxylic acids is 7. The van der Waals surface area contributed by atoms with Crippen LogP contribution in [0.5, 0.6) is 0 Å². The third kappa shape index (κ3) is 7.66. The molecule has 16 heteroatoms. The molecule has 1 N–H and O–H groups in total. The van der Waals surface area contributed by atoms with Gasteiger partial charge in [0.15, 0.2) is 28.6 Å². The number of Topliss-reactive ketones (excluding diaryl/α,β-unsaturated/α-hetero) is 1. The summed E-state index contributed by atoms with van der Waals surface area (Å²) in [4.78, 5) is 91.3. The van der Waals surface area contributed by atoms with Gasteiger partial charge in [-0.25, -0.2) is 9.59 Å². The van der Waals surface area contributed by atoms with E-state index in [1.54, 1.807) is 36.4 Å². The molecule has 4 unspecified atom stereocenters. The molecule has 3 aromatic rings. The molecule has 1 aliphatic heterocycles. The highest BCUT2D eigenvalue weighted by Gasteiger charge is 2.83. The zero-order valence-electron chi connectivity index (χ0n) is 46.1. The van der Waals surface area contributed by atoms with E-state index in [0.717, 1.165) is 58.9 Å². The average Bonchev–Trinajstić information content (AvgIpc) is 2.04. The molecule has 418 valence electrons. The summed E-state index contributed by atoms with van der Waals surface area (Å²) < 4.78 is 29.6. The van der Waals surface area contributed by atoms with Crippen molar-refractivity contribution in [3.8, 4) is 0 Å². The number of ketones is 3. The van der Waals surface area contributed by atoms with Crippen LogP contribution in [0.4, 0.5) is 0 Å². The van der Waals surface area contributed by atoms with Gasteiger partial charge in [0.1, 0.15) is 5.60 Å². The second kappa shape index (κ2) is 19.0. The van der Waals surface area contributed by atoms with Gasteiger partial charge in [0, 0.05) is 39.1 Å². The quantitative estimate of drug-likeness (QED) is 0.0675. The van der Waals surface area contributed by atoms with Gasteiger partial charge in [0.25, 0.3) is 0 Å². The predicted molar refractivity (Wildman–Crippen MR) is 298 cm³/mol. The summed E-state index contributed by atoms with van der Waals surface area (Å²) in [5, 5.41) is 11.3. The first-order valence-electron chi connectivity index (χ1n) is 27.7. The molecular formula is C63H69ClO13S2. The van der Waals surface area contributed by atoms with Crippen LogP contribution in [-0.4, -0.2) is 84.3 Å². The number of hydrogen-bond donors (Lipinski definition) is 2. The van der Waals surface area contributed by atoms with Crippen molar-refractivity contribution in [2.24, 2.45) is 57.2 Å². The monoisotopic (exact) mass is 1130 g/mol. The van der Waals surface area contributed by atoms with Gasteiger partial charge in [0.2, 0.25) is 21.8 Å². The van der Waals surface area contributed by atoms with Crippen molar-refractivity contribution >= 4 is 75.5 Å². The molecule has 6 saturated carbocycles. The van der Waals surface area contributed by atoms with Gasteiger partial charge < -0.3 is 28.2 Å². The topological polar surface area (TPSA) is 197 Å². The number of aliphatic hydroxyl groups is 1. The number of hydrogen-bond acceptors (Lipinski definition) is 14. The Labute approximate surface area is 475 Å². The van der Waals surface area contributed by atoms with Crippen molar-refractivity contribution in [3.63, 3.8) is 0 Å². The third-order valence-electron chi connectivity index (χ3n) is 21.5. The van der Waals surface area contributed by atoms with E-state index >= 15 is 0 Å². The first-order valence-corrected chi connectivity index (χ1v) is 29.5. The van der Waals surface area contributed by atoms with Gasteiger partial charge >= 0.3 is 11.9 Å². The van der Waals surface area contributed by atoms with E-state index in [1.165, 1.54) is 24.7 Å². The smallest absolute Gasteiger partial charge is 0.375 e. The summed E-state index contributed by atoms with van der Waals surface area (Å²) in [6.45, 7) is 17.8. The SMILES string of the molecule is C[C@@H]1CC2C3CCC4=CC(=O)C=C[C@]4(C)[C@@]34O[C@H]4C[C@]2(C)[C@@]1(OC(=O)c1ccco1)C(=O)S.Cc1cc(C)c(C(=O)CSC(=O)[C@@]2(OC(=O)c3ccco3)[C@H](C)CC3C4CCC5=CC(=O)C=C[C@]5(C)[C@@]4(Cl)[C@@H](O)C[C@@]32C)c(C)c1. The van der Waals surface area contributed by atoms with Crippen LogP contribution in [0.1, 0.15) is 141 Å². The highest BCUT2D eigenvalue weighted by Crippen LogP contribution is 2.78. The molecule has 0 radical (unpaired) electrons. The fraction of sp³-hybridized carbons (Fsp3) is 0.540. The Balaban J connectivity index is 0.000000176. The Bertz CT molecular complexity index is 3220.